The van der Waals surface area contributed by atoms with Crippen LogP contribution in [0.4, 0.5) is 5.82 Å². The van der Waals surface area contributed by atoms with Gasteiger partial charge in [0.1, 0.15) is 17.6 Å². The second-order valence-electron chi connectivity index (χ2n) is 4.03. The number of methoxy groups -OCH3 is 1. The molecule has 1 heterocycles. The van der Waals surface area contributed by atoms with Crippen molar-refractivity contribution in [2.45, 2.75) is 6.04 Å². The minimum Gasteiger partial charge on any atom is -0.467 e. The van der Waals surface area contributed by atoms with Crippen molar-refractivity contribution in [3.8, 4) is 6.07 Å². The highest BCUT2D eigenvalue weighted by Gasteiger charge is 2.21. The Balaban J connectivity index is 2.29. The van der Waals surface area contributed by atoms with Gasteiger partial charge in [-0.1, -0.05) is 36.4 Å². The molecule has 20 heavy (non-hydrogen) atoms. The van der Waals surface area contributed by atoms with Crippen LogP contribution in [-0.2, 0) is 9.53 Å². The van der Waals surface area contributed by atoms with Gasteiger partial charge in [-0.25, -0.2) is 9.78 Å². The normalized spacial score (nSPS) is 11.2. The molecule has 0 fully saturated rings. The summed E-state index contributed by atoms with van der Waals surface area (Å²) in [7, 11) is 1.33. The summed E-state index contributed by atoms with van der Waals surface area (Å²) in [6.07, 6.45) is 0. The zero-order valence-corrected chi connectivity index (χ0v) is 10.9. The summed E-state index contributed by atoms with van der Waals surface area (Å²) in [4.78, 5) is 16.0. The van der Waals surface area contributed by atoms with Gasteiger partial charge in [0, 0.05) is 0 Å². The zero-order valence-electron chi connectivity index (χ0n) is 10.9. The Hall–Kier alpha value is -2.87. The van der Waals surface area contributed by atoms with Crippen molar-refractivity contribution >= 4 is 11.8 Å². The molecule has 1 aromatic carbocycles. The van der Waals surface area contributed by atoms with E-state index in [1.54, 1.807) is 18.2 Å². The molecule has 0 saturated carbocycles. The van der Waals surface area contributed by atoms with Crippen molar-refractivity contribution in [1.29, 1.82) is 5.26 Å². The lowest BCUT2D eigenvalue weighted by molar-refractivity contribution is -0.141. The van der Waals surface area contributed by atoms with Crippen molar-refractivity contribution in [2.24, 2.45) is 0 Å². The van der Waals surface area contributed by atoms with Gasteiger partial charge in [0.05, 0.1) is 7.11 Å². The van der Waals surface area contributed by atoms with Crippen molar-refractivity contribution in [1.82, 2.24) is 4.98 Å². The molecule has 0 saturated heterocycles. The monoisotopic (exact) mass is 267 g/mol. The number of esters is 1. The summed E-state index contributed by atoms with van der Waals surface area (Å²) in [6, 6.07) is 15.5. The summed E-state index contributed by atoms with van der Waals surface area (Å²) in [5, 5.41) is 11.8. The van der Waals surface area contributed by atoms with E-state index >= 15 is 0 Å². The second kappa shape index (κ2) is 6.34. The molecule has 5 heteroatoms. The maximum absolute atomic E-state index is 11.9. The predicted molar refractivity (Wildman–Crippen MR) is 73.8 cm³/mol. The Morgan fingerprint density at radius 1 is 1.25 bits per heavy atom. The number of nitriles is 1. The highest BCUT2D eigenvalue weighted by atomic mass is 16.5. The molecule has 1 atom stereocenters. The molecule has 1 unspecified atom stereocenters. The molecule has 0 aliphatic carbocycles. The number of benzene rings is 1. The summed E-state index contributed by atoms with van der Waals surface area (Å²) in [6.45, 7) is 0. The Kier molecular flexibility index (Phi) is 4.30. The molecule has 0 amide bonds. The third-order valence-corrected chi connectivity index (χ3v) is 2.73. The molecular weight excluding hydrogens is 254 g/mol. The summed E-state index contributed by atoms with van der Waals surface area (Å²) >= 11 is 0. The fourth-order valence-corrected chi connectivity index (χ4v) is 1.77. The third-order valence-electron chi connectivity index (χ3n) is 2.73. The largest absolute Gasteiger partial charge is 0.467 e. The molecule has 1 N–H and O–H groups in total. The maximum atomic E-state index is 11.9. The first-order valence-corrected chi connectivity index (χ1v) is 6.01. The standard InChI is InChI=1S/C15H13N3O2/c1-20-15(19)14(11-6-3-2-4-7-11)18-13-9-5-8-12(10-16)17-13/h2-9,14H,1H3,(H,17,18). The molecule has 0 radical (unpaired) electrons. The lowest BCUT2D eigenvalue weighted by Crippen LogP contribution is -2.22. The van der Waals surface area contributed by atoms with Gasteiger partial charge in [0.25, 0.3) is 0 Å². The summed E-state index contributed by atoms with van der Waals surface area (Å²) < 4.78 is 4.80. The van der Waals surface area contributed by atoms with E-state index in [2.05, 4.69) is 10.3 Å². The molecule has 0 aliphatic heterocycles. The number of nitrogens with zero attached hydrogens (tertiary/aromatic N) is 2. The van der Waals surface area contributed by atoms with Gasteiger partial charge in [-0.05, 0) is 17.7 Å². The number of carbonyl (C=O) groups is 1. The van der Waals surface area contributed by atoms with Crippen LogP contribution in [0.25, 0.3) is 0 Å². The van der Waals surface area contributed by atoms with Crippen LogP contribution in [0.3, 0.4) is 0 Å². The molecule has 5 nitrogen and oxygen atoms in total. The van der Waals surface area contributed by atoms with Crippen LogP contribution >= 0.6 is 0 Å². The molecule has 0 bridgehead atoms. The third kappa shape index (κ3) is 3.12. The van der Waals surface area contributed by atoms with E-state index in [-0.39, 0.29) is 5.69 Å². The molecule has 100 valence electrons. The SMILES string of the molecule is COC(=O)C(Nc1cccc(C#N)n1)c1ccccc1. The van der Waals surface area contributed by atoms with E-state index in [1.165, 1.54) is 7.11 Å². The number of hydrogen-bond donors (Lipinski definition) is 1. The van der Waals surface area contributed by atoms with Crippen LogP contribution in [-0.4, -0.2) is 18.1 Å². The zero-order chi connectivity index (χ0) is 14.4. The number of aromatic nitrogens is 1. The number of hydrogen-bond acceptors (Lipinski definition) is 5. The summed E-state index contributed by atoms with van der Waals surface area (Å²) in [5.74, 6) is 0.0312. The lowest BCUT2D eigenvalue weighted by atomic mass is 10.1. The fraction of sp³-hybridized carbons (Fsp3) is 0.133. The molecule has 0 spiro atoms. The number of rotatable bonds is 4. The molecule has 0 aliphatic rings. The van der Waals surface area contributed by atoms with Crippen LogP contribution in [0.2, 0.25) is 0 Å². The smallest absolute Gasteiger partial charge is 0.333 e. The first-order chi connectivity index (χ1) is 9.74. The van der Waals surface area contributed by atoms with E-state index in [4.69, 9.17) is 10.00 Å². The van der Waals surface area contributed by atoms with Gasteiger partial charge in [0.2, 0.25) is 0 Å². The number of ether oxygens (including phenoxy) is 1. The van der Waals surface area contributed by atoms with Crippen LogP contribution in [0.15, 0.2) is 48.5 Å². The van der Waals surface area contributed by atoms with Crippen LogP contribution in [0, 0.1) is 11.3 Å². The highest BCUT2D eigenvalue weighted by molar-refractivity contribution is 5.80. The van der Waals surface area contributed by atoms with E-state index in [1.807, 2.05) is 36.4 Å². The van der Waals surface area contributed by atoms with Gasteiger partial charge < -0.3 is 10.1 Å². The Labute approximate surface area is 116 Å². The molecule has 2 aromatic rings. The topological polar surface area (TPSA) is 75.0 Å². The Bertz CT molecular complexity index is 635. The van der Waals surface area contributed by atoms with Crippen molar-refractivity contribution in [2.75, 3.05) is 12.4 Å². The average molecular weight is 267 g/mol. The van der Waals surface area contributed by atoms with Crippen molar-refractivity contribution < 1.29 is 9.53 Å². The van der Waals surface area contributed by atoms with Gasteiger partial charge in [-0.15, -0.1) is 0 Å². The van der Waals surface area contributed by atoms with Gasteiger partial charge in [0.15, 0.2) is 6.04 Å². The fourth-order valence-electron chi connectivity index (χ4n) is 1.77. The number of nitrogens with one attached hydrogen (secondary N) is 1. The van der Waals surface area contributed by atoms with E-state index in [9.17, 15) is 4.79 Å². The van der Waals surface area contributed by atoms with Crippen molar-refractivity contribution in [3.05, 3.63) is 59.8 Å². The first kappa shape index (κ1) is 13.6. The number of carbonyl (C=O) groups excluding carboxylic acids is 1. The quantitative estimate of drug-likeness (QED) is 0.860. The highest BCUT2D eigenvalue weighted by Crippen LogP contribution is 2.19. The van der Waals surface area contributed by atoms with E-state index in [0.717, 1.165) is 5.56 Å². The molecule has 2 rings (SSSR count). The number of anilines is 1. The van der Waals surface area contributed by atoms with Crippen LogP contribution in [0.1, 0.15) is 17.3 Å². The lowest BCUT2D eigenvalue weighted by Gasteiger charge is -2.17. The van der Waals surface area contributed by atoms with Crippen LogP contribution < -0.4 is 5.32 Å². The van der Waals surface area contributed by atoms with Gasteiger partial charge >= 0.3 is 5.97 Å². The average Bonchev–Trinajstić information content (AvgIpc) is 2.53. The van der Waals surface area contributed by atoms with Crippen molar-refractivity contribution in [3.63, 3.8) is 0 Å². The Morgan fingerprint density at radius 2 is 2.00 bits per heavy atom. The van der Waals surface area contributed by atoms with Gasteiger partial charge in [-0.2, -0.15) is 5.26 Å². The number of pyridine rings is 1. The second-order valence-corrected chi connectivity index (χ2v) is 4.03. The maximum Gasteiger partial charge on any atom is 0.333 e. The minimum atomic E-state index is -0.664. The Morgan fingerprint density at radius 3 is 2.65 bits per heavy atom. The minimum absolute atomic E-state index is 0.284. The van der Waals surface area contributed by atoms with Gasteiger partial charge in [-0.3, -0.25) is 0 Å². The van der Waals surface area contributed by atoms with E-state index in [0.29, 0.717) is 5.82 Å². The predicted octanol–water partition coefficient (Wildman–Crippen LogP) is 2.28. The van der Waals surface area contributed by atoms with Crippen LogP contribution in [0.5, 0.6) is 0 Å². The van der Waals surface area contributed by atoms with E-state index < -0.39 is 12.0 Å². The first-order valence-electron chi connectivity index (χ1n) is 6.01. The molecule has 1 aromatic heterocycles. The molecular formula is C15H13N3O2. The summed E-state index contributed by atoms with van der Waals surface area (Å²) in [5.41, 5.74) is 1.05.